The van der Waals surface area contributed by atoms with E-state index in [-0.39, 0.29) is 42.0 Å². The molecule has 0 aliphatic rings. The molecular formula is C13H19N5O4S. The van der Waals surface area contributed by atoms with Gasteiger partial charge in [0, 0.05) is 18.3 Å². The molecule has 4 N–H and O–H groups in total. The Kier molecular flexibility index (Phi) is 8.74. The van der Waals surface area contributed by atoms with Crippen molar-refractivity contribution in [3.63, 3.8) is 0 Å². The minimum Gasteiger partial charge on any atom is -0.463 e. The molecule has 0 aromatic carbocycles. The number of aliphatic hydroxyl groups is 1. The molecule has 126 valence electrons. The van der Waals surface area contributed by atoms with E-state index in [1.54, 1.807) is 0 Å². The fourth-order valence-corrected chi connectivity index (χ4v) is 2.16. The van der Waals surface area contributed by atoms with Crippen LogP contribution >= 0.6 is 11.9 Å². The van der Waals surface area contributed by atoms with Crippen LogP contribution in [0.15, 0.2) is 9.48 Å². The van der Waals surface area contributed by atoms with Crippen LogP contribution in [0.3, 0.4) is 0 Å². The predicted octanol–water partition coefficient (Wildman–Crippen LogP) is 1.39. The summed E-state index contributed by atoms with van der Waals surface area (Å²) >= 11 is 0.606. The number of hydrogen-bond donors (Lipinski definition) is 3. The van der Waals surface area contributed by atoms with Gasteiger partial charge in [-0.15, -0.1) is 11.3 Å². The largest absolute Gasteiger partial charge is 0.463 e. The molecule has 1 unspecified atom stereocenters. The highest BCUT2D eigenvalue weighted by atomic mass is 32.2. The van der Waals surface area contributed by atoms with Crippen LogP contribution in [0.25, 0.3) is 0 Å². The van der Waals surface area contributed by atoms with E-state index in [9.17, 15) is 4.91 Å². The van der Waals surface area contributed by atoms with Crippen LogP contribution in [0.1, 0.15) is 19.3 Å². The van der Waals surface area contributed by atoms with Gasteiger partial charge in [0.25, 0.3) is 0 Å². The Morgan fingerprint density at radius 2 is 2.30 bits per heavy atom. The summed E-state index contributed by atoms with van der Waals surface area (Å²) in [5.41, 5.74) is 5.65. The summed E-state index contributed by atoms with van der Waals surface area (Å²) in [6.07, 6.45) is 6.79. The first-order valence-corrected chi connectivity index (χ1v) is 7.57. The summed E-state index contributed by atoms with van der Waals surface area (Å²) in [5, 5.41) is 11.8. The van der Waals surface area contributed by atoms with E-state index in [4.69, 9.17) is 26.7 Å². The summed E-state index contributed by atoms with van der Waals surface area (Å²) < 4.78 is 13.4. The first-order valence-electron chi connectivity index (χ1n) is 6.79. The molecule has 10 heteroatoms. The van der Waals surface area contributed by atoms with E-state index in [0.29, 0.717) is 24.8 Å². The van der Waals surface area contributed by atoms with Crippen molar-refractivity contribution in [1.29, 1.82) is 0 Å². The Bertz CT molecular complexity index is 552. The van der Waals surface area contributed by atoms with E-state index in [1.807, 2.05) is 0 Å². The number of nitrogens with zero attached hydrogens (tertiary/aromatic N) is 3. The summed E-state index contributed by atoms with van der Waals surface area (Å²) in [5.74, 6) is 2.60. The topological polar surface area (TPSA) is 132 Å². The number of nitroso groups, excluding NO2 is 1. The molecule has 0 spiro atoms. The highest BCUT2D eigenvalue weighted by molar-refractivity contribution is 7.98. The van der Waals surface area contributed by atoms with Crippen molar-refractivity contribution in [3.05, 3.63) is 4.91 Å². The third-order valence-corrected chi connectivity index (χ3v) is 3.35. The summed E-state index contributed by atoms with van der Waals surface area (Å²) in [4.78, 5) is 18.9. The maximum absolute atomic E-state index is 10.6. The highest BCUT2D eigenvalue weighted by Gasteiger charge is 2.19. The van der Waals surface area contributed by atoms with Gasteiger partial charge in [-0.25, -0.2) is 0 Å². The van der Waals surface area contributed by atoms with Gasteiger partial charge in [-0.3, -0.25) is 0 Å². The second kappa shape index (κ2) is 10.6. The molecule has 1 aromatic rings. The lowest BCUT2D eigenvalue weighted by molar-refractivity contribution is 0.113. The molecule has 1 atom stereocenters. The molecule has 0 bridgehead atoms. The van der Waals surface area contributed by atoms with Gasteiger partial charge in [0.1, 0.15) is 11.1 Å². The maximum atomic E-state index is 10.6. The van der Waals surface area contributed by atoms with Crippen LogP contribution in [0.5, 0.6) is 5.88 Å². The second-order valence-electron chi connectivity index (χ2n) is 4.31. The minimum atomic E-state index is -0.387. The number of aliphatic hydroxyl groups excluding tert-OH is 1. The summed E-state index contributed by atoms with van der Waals surface area (Å²) in [6, 6.07) is 0. The van der Waals surface area contributed by atoms with E-state index in [2.05, 4.69) is 25.8 Å². The van der Waals surface area contributed by atoms with Crippen molar-refractivity contribution < 1.29 is 14.6 Å². The third-order valence-electron chi connectivity index (χ3n) is 2.73. The van der Waals surface area contributed by atoms with Gasteiger partial charge < -0.3 is 25.6 Å². The Morgan fingerprint density at radius 1 is 1.52 bits per heavy atom. The van der Waals surface area contributed by atoms with E-state index < -0.39 is 0 Å². The van der Waals surface area contributed by atoms with Crippen LogP contribution in [0, 0.1) is 17.3 Å². The molecule has 0 aliphatic heterocycles. The van der Waals surface area contributed by atoms with Gasteiger partial charge >= 0.3 is 0 Å². The minimum absolute atomic E-state index is 0.0352. The zero-order valence-electron chi connectivity index (χ0n) is 12.7. The lowest BCUT2D eigenvalue weighted by Crippen LogP contribution is -2.23. The number of nitrogens with two attached hydrogens (primary N) is 1. The monoisotopic (exact) mass is 341 g/mol. The fourth-order valence-electron chi connectivity index (χ4n) is 1.71. The number of aromatic nitrogens is 2. The first kappa shape index (κ1) is 19.0. The number of rotatable bonds is 11. The van der Waals surface area contributed by atoms with Gasteiger partial charge in [-0.2, -0.15) is 9.97 Å². The van der Waals surface area contributed by atoms with Crippen LogP contribution in [0.2, 0.25) is 0 Å². The molecule has 0 fully saturated rings. The second-order valence-corrected chi connectivity index (χ2v) is 5.05. The average Bonchev–Trinajstić information content (AvgIpc) is 2.54. The Hall–Kier alpha value is -2.09. The molecule has 23 heavy (non-hydrogen) atoms. The molecular weight excluding hydrogens is 322 g/mol. The lowest BCUT2D eigenvalue weighted by atomic mass is 10.2. The molecule has 1 heterocycles. The Balaban J connectivity index is 2.99. The predicted molar refractivity (Wildman–Crippen MR) is 87.8 cm³/mol. The van der Waals surface area contributed by atoms with Gasteiger partial charge in [0.2, 0.25) is 11.8 Å². The molecule has 1 rings (SSSR count). The van der Waals surface area contributed by atoms with Crippen molar-refractivity contribution >= 4 is 23.7 Å². The molecule has 9 nitrogen and oxygen atoms in total. The van der Waals surface area contributed by atoms with Gasteiger partial charge in [0.15, 0.2) is 12.4 Å². The molecule has 0 saturated carbocycles. The van der Waals surface area contributed by atoms with E-state index >= 15 is 0 Å². The highest BCUT2D eigenvalue weighted by Crippen LogP contribution is 2.35. The van der Waals surface area contributed by atoms with Crippen LogP contribution in [-0.4, -0.2) is 41.6 Å². The van der Waals surface area contributed by atoms with Crippen LogP contribution in [0.4, 0.5) is 11.8 Å². The number of nitrogen functional groups attached to an aromatic ring is 1. The Morgan fingerprint density at radius 3 is 2.91 bits per heavy atom. The van der Waals surface area contributed by atoms with Crippen molar-refractivity contribution in [2.75, 3.05) is 31.4 Å². The van der Waals surface area contributed by atoms with Crippen molar-refractivity contribution in [1.82, 2.24) is 9.97 Å². The quantitative estimate of drug-likeness (QED) is 0.179. The molecule has 1 aromatic heterocycles. The van der Waals surface area contributed by atoms with Crippen molar-refractivity contribution in [2.45, 2.75) is 30.4 Å². The number of anilines is 2. The molecule has 0 aliphatic carbocycles. The van der Waals surface area contributed by atoms with Crippen molar-refractivity contribution in [2.24, 2.45) is 4.58 Å². The van der Waals surface area contributed by atoms with E-state index in [0.717, 1.165) is 6.42 Å². The summed E-state index contributed by atoms with van der Waals surface area (Å²) in [7, 11) is 1.53. The SMILES string of the molecule is C#CCOc1nc(N)nc(NC(CCCCO)OC)c1SN=O. The third kappa shape index (κ3) is 6.27. The maximum Gasteiger partial charge on any atom is 0.237 e. The molecule has 0 saturated heterocycles. The zero-order chi connectivity index (χ0) is 17.1. The summed E-state index contributed by atoms with van der Waals surface area (Å²) in [6.45, 7) is 0.0731. The standard InChI is InChI=1S/C13H19N5O4S/c1-3-8-22-12-10(23-18-20)11(16-13(14)17-12)15-9(21-2)6-4-5-7-19/h1,9,19H,4-8H2,2H3,(H3,14,15,16,17). The van der Waals surface area contributed by atoms with Crippen molar-refractivity contribution in [3.8, 4) is 18.2 Å². The zero-order valence-corrected chi connectivity index (χ0v) is 13.5. The van der Waals surface area contributed by atoms with Gasteiger partial charge in [-0.05, 0) is 19.3 Å². The van der Waals surface area contributed by atoms with Crippen LogP contribution < -0.4 is 15.8 Å². The lowest BCUT2D eigenvalue weighted by Gasteiger charge is -2.19. The molecule has 0 amide bonds. The fraction of sp³-hybridized carbons (Fsp3) is 0.538. The van der Waals surface area contributed by atoms with E-state index in [1.165, 1.54) is 7.11 Å². The molecule has 0 radical (unpaired) electrons. The van der Waals surface area contributed by atoms with Gasteiger partial charge in [-0.1, -0.05) is 5.92 Å². The number of terminal acetylenes is 1. The number of unbranched alkanes of at least 4 members (excludes halogenated alkanes) is 1. The number of nitrogens with one attached hydrogen (secondary N) is 1. The Labute approximate surface area is 138 Å². The smallest absolute Gasteiger partial charge is 0.237 e. The van der Waals surface area contributed by atoms with Crippen LogP contribution in [-0.2, 0) is 4.74 Å². The first-order chi connectivity index (χ1) is 11.2. The van der Waals surface area contributed by atoms with Gasteiger partial charge in [0.05, 0.1) is 11.9 Å². The number of hydrogen-bond acceptors (Lipinski definition) is 10. The number of ether oxygens (including phenoxy) is 2. The number of methoxy groups -OCH3 is 1. The normalized spacial score (nSPS) is 11.5. The average molecular weight is 341 g/mol.